The molecule has 3 aromatic heterocycles. The van der Waals surface area contributed by atoms with E-state index in [1.165, 1.54) is 16.2 Å². The quantitative estimate of drug-likeness (QED) is 0.260. The summed E-state index contributed by atoms with van der Waals surface area (Å²) in [4.78, 5) is 25.6. The van der Waals surface area contributed by atoms with Gasteiger partial charge in [-0.2, -0.15) is 0 Å². The second-order valence-electron chi connectivity index (χ2n) is 8.96. The van der Waals surface area contributed by atoms with Crippen LogP contribution in [0.25, 0.3) is 5.00 Å². The number of aromatic nitrogens is 3. The molecule has 3 N–H and O–H groups in total. The van der Waals surface area contributed by atoms with Crippen molar-refractivity contribution in [2.75, 3.05) is 13.2 Å². The monoisotopic (exact) mass is 588 g/mol. The number of nitrogens with zero attached hydrogens (tertiary/aromatic N) is 4. The molecule has 8 nitrogen and oxygen atoms in total. The first kappa shape index (κ1) is 27.8. The normalized spacial score (nSPS) is 13.6. The Morgan fingerprint density at radius 3 is 2.52 bits per heavy atom. The third kappa shape index (κ3) is 5.87. The third-order valence-corrected chi connectivity index (χ3v) is 8.66. The minimum atomic E-state index is -0.532. The second-order valence-corrected chi connectivity index (χ2v) is 11.7. The number of nitrogens with one attached hydrogen (secondary N) is 1. The highest BCUT2D eigenvalue weighted by atomic mass is 35.5. The lowest BCUT2D eigenvalue weighted by Gasteiger charge is -2.12. The van der Waals surface area contributed by atoms with E-state index in [4.69, 9.17) is 22.5 Å². The Morgan fingerprint density at radius 1 is 1.07 bits per heavy atom. The van der Waals surface area contributed by atoms with Gasteiger partial charge >= 0.3 is 0 Å². The van der Waals surface area contributed by atoms with Crippen molar-refractivity contribution in [2.45, 2.75) is 33.2 Å². The predicted octanol–water partition coefficient (Wildman–Crippen LogP) is 4.66. The van der Waals surface area contributed by atoms with Crippen LogP contribution in [0.1, 0.15) is 55.4 Å². The van der Waals surface area contributed by atoms with Crippen molar-refractivity contribution >= 4 is 45.9 Å². The lowest BCUT2D eigenvalue weighted by Crippen LogP contribution is -2.25. The maximum absolute atomic E-state index is 13.1. The Balaban J connectivity index is 1.38. The van der Waals surface area contributed by atoms with Gasteiger partial charge in [0.15, 0.2) is 5.82 Å². The van der Waals surface area contributed by atoms with Gasteiger partial charge in [-0.15, -0.1) is 32.9 Å². The number of halogens is 1. The number of aliphatic imine (C=N–C) groups is 1. The zero-order chi connectivity index (χ0) is 28.2. The molecule has 40 heavy (non-hydrogen) atoms. The molecular formula is C29H25ClN6O2S2. The van der Waals surface area contributed by atoms with Gasteiger partial charge in [0, 0.05) is 21.0 Å². The molecule has 4 heterocycles. The third-order valence-electron chi connectivity index (χ3n) is 6.29. The predicted molar refractivity (Wildman–Crippen MR) is 159 cm³/mol. The first-order chi connectivity index (χ1) is 19.4. The molecule has 5 rings (SSSR count). The number of thiophene rings is 2. The van der Waals surface area contributed by atoms with Gasteiger partial charge in [-0.3, -0.25) is 19.2 Å². The van der Waals surface area contributed by atoms with Crippen LogP contribution in [0.3, 0.4) is 0 Å². The van der Waals surface area contributed by atoms with Crippen molar-refractivity contribution in [3.05, 3.63) is 84.4 Å². The van der Waals surface area contributed by atoms with Crippen molar-refractivity contribution in [1.29, 1.82) is 0 Å². The Bertz CT molecular complexity index is 1730. The molecule has 1 amide bonds. The minimum absolute atomic E-state index is 0.103. The van der Waals surface area contributed by atoms with Gasteiger partial charge in [-0.1, -0.05) is 47.4 Å². The van der Waals surface area contributed by atoms with Crippen LogP contribution in [-0.4, -0.2) is 39.5 Å². The highest BCUT2D eigenvalue weighted by molar-refractivity contribution is 7.15. The van der Waals surface area contributed by atoms with Crippen LogP contribution in [0.15, 0.2) is 41.4 Å². The van der Waals surface area contributed by atoms with Crippen LogP contribution >= 0.6 is 34.3 Å². The van der Waals surface area contributed by atoms with Crippen molar-refractivity contribution in [3.63, 3.8) is 0 Å². The fourth-order valence-electron chi connectivity index (χ4n) is 4.29. The van der Waals surface area contributed by atoms with Crippen molar-refractivity contribution in [1.82, 2.24) is 20.1 Å². The van der Waals surface area contributed by atoms with Gasteiger partial charge in [0.1, 0.15) is 23.5 Å². The van der Waals surface area contributed by atoms with E-state index < -0.39 is 6.04 Å². The number of fused-ring (bicyclic) bond motifs is 3. The molecule has 4 aromatic rings. The van der Waals surface area contributed by atoms with Crippen LogP contribution in [0, 0.1) is 44.5 Å². The molecule has 0 saturated carbocycles. The molecule has 1 aliphatic heterocycles. The molecular weight excluding hydrogens is 564 g/mol. The SMILES string of the molecule is Cc1sc2c(c1C)C(c1ccc(Cl)cc1)=N[C@@H](CC(=O)NCC#Cc1ccc(C#CCON)s1)c1nnc(C)n1-2. The van der Waals surface area contributed by atoms with E-state index in [0.717, 1.165) is 43.0 Å². The maximum Gasteiger partial charge on any atom is 0.223 e. The smallest absolute Gasteiger partial charge is 0.223 e. The molecule has 202 valence electrons. The first-order valence-corrected chi connectivity index (χ1v) is 14.4. The summed E-state index contributed by atoms with van der Waals surface area (Å²) in [6.45, 7) is 6.48. The number of aryl methyl sites for hydroxylation is 2. The summed E-state index contributed by atoms with van der Waals surface area (Å²) in [6.07, 6.45) is 0.103. The van der Waals surface area contributed by atoms with Crippen LogP contribution in [-0.2, 0) is 9.63 Å². The number of hydrogen-bond acceptors (Lipinski definition) is 8. The van der Waals surface area contributed by atoms with Gasteiger partial charge < -0.3 is 5.32 Å². The Morgan fingerprint density at radius 2 is 1.80 bits per heavy atom. The standard InChI is InChI=1S/C29H25ClN6O2S2/c1-17-18(2)39-29-26(17)27(20-8-10-21(30)11-9-20)33-24(28-35-34-19(3)36(28)29)16-25(37)32-14-4-6-22-12-13-23(40-22)7-5-15-38-31/h8-13,24H,14-16,31H2,1-3H3,(H,32,37)/t24-/m0/s1. The summed E-state index contributed by atoms with van der Waals surface area (Å²) < 4.78 is 2.03. The molecule has 0 saturated heterocycles. The summed E-state index contributed by atoms with van der Waals surface area (Å²) in [5, 5.41) is 13.3. The zero-order valence-corrected chi connectivity index (χ0v) is 24.4. The number of carbonyl (C=O) groups is 1. The van der Waals surface area contributed by atoms with Crippen molar-refractivity contribution in [2.24, 2.45) is 10.9 Å². The maximum atomic E-state index is 13.1. The first-order valence-electron chi connectivity index (χ1n) is 12.4. The Labute approximate surface area is 245 Å². The Kier molecular flexibility index (Phi) is 8.46. The summed E-state index contributed by atoms with van der Waals surface area (Å²) in [5.74, 6) is 18.0. The van der Waals surface area contributed by atoms with Crippen molar-refractivity contribution in [3.8, 4) is 28.7 Å². The van der Waals surface area contributed by atoms with E-state index in [0.29, 0.717) is 10.8 Å². The van der Waals surface area contributed by atoms with E-state index in [1.807, 2.05) is 47.9 Å². The van der Waals surface area contributed by atoms with Gasteiger partial charge in [0.05, 0.1) is 28.4 Å². The molecule has 0 radical (unpaired) electrons. The lowest BCUT2D eigenvalue weighted by molar-refractivity contribution is -0.121. The molecule has 1 aromatic carbocycles. The topological polar surface area (TPSA) is 107 Å². The Hall–Kier alpha value is -3.77. The molecule has 1 atom stereocenters. The van der Waals surface area contributed by atoms with Crippen LogP contribution in [0.4, 0.5) is 0 Å². The van der Waals surface area contributed by atoms with E-state index >= 15 is 0 Å². The highest BCUT2D eigenvalue weighted by Gasteiger charge is 2.32. The summed E-state index contributed by atoms with van der Waals surface area (Å²) >= 11 is 9.32. The largest absolute Gasteiger partial charge is 0.345 e. The second kappa shape index (κ2) is 12.2. The van der Waals surface area contributed by atoms with Gasteiger partial charge in [0.25, 0.3) is 0 Å². The molecule has 0 unspecified atom stereocenters. The number of hydrogen-bond donors (Lipinski definition) is 2. The summed E-state index contributed by atoms with van der Waals surface area (Å²) in [5.41, 5.74) is 3.90. The highest BCUT2D eigenvalue weighted by Crippen LogP contribution is 2.39. The van der Waals surface area contributed by atoms with Crippen molar-refractivity contribution < 1.29 is 9.63 Å². The number of nitrogens with two attached hydrogens (primary N) is 1. The molecule has 1 aliphatic rings. The van der Waals surface area contributed by atoms with E-state index in [2.05, 4.69) is 57.9 Å². The van der Waals surface area contributed by atoms with Gasteiger partial charge in [-0.05, 0) is 50.6 Å². The fourth-order valence-corrected chi connectivity index (χ4v) is 6.39. The van der Waals surface area contributed by atoms with E-state index in [9.17, 15) is 4.79 Å². The van der Waals surface area contributed by atoms with Crippen LogP contribution in [0.2, 0.25) is 5.02 Å². The number of rotatable bonds is 5. The number of carbonyl (C=O) groups excluding carboxylic acids is 1. The van der Waals surface area contributed by atoms with Crippen LogP contribution in [0.5, 0.6) is 0 Å². The number of benzene rings is 1. The van der Waals surface area contributed by atoms with E-state index in [-0.39, 0.29) is 25.5 Å². The molecule has 0 aliphatic carbocycles. The minimum Gasteiger partial charge on any atom is -0.345 e. The zero-order valence-electron chi connectivity index (χ0n) is 22.0. The van der Waals surface area contributed by atoms with Crippen LogP contribution < -0.4 is 11.2 Å². The average Bonchev–Trinajstić information content (AvgIpc) is 3.60. The fraction of sp³-hybridized carbons (Fsp3) is 0.241. The summed E-state index contributed by atoms with van der Waals surface area (Å²) in [7, 11) is 0. The van der Waals surface area contributed by atoms with Gasteiger partial charge in [0.2, 0.25) is 5.91 Å². The molecule has 0 fully saturated rings. The molecule has 11 heteroatoms. The van der Waals surface area contributed by atoms with E-state index in [1.54, 1.807) is 11.3 Å². The summed E-state index contributed by atoms with van der Waals surface area (Å²) in [6, 6.07) is 10.9. The molecule has 0 bridgehead atoms. The average molecular weight is 589 g/mol. The lowest BCUT2D eigenvalue weighted by atomic mass is 9.99. The van der Waals surface area contributed by atoms with Gasteiger partial charge in [-0.25, -0.2) is 5.90 Å². The number of amides is 1. The molecule has 0 spiro atoms.